The summed E-state index contributed by atoms with van der Waals surface area (Å²) >= 11 is 0. The molecule has 0 unspecified atom stereocenters. The van der Waals surface area contributed by atoms with Crippen LogP contribution in [0.15, 0.2) is 67.1 Å². The van der Waals surface area contributed by atoms with Gasteiger partial charge in [-0.15, -0.1) is 0 Å². The third kappa shape index (κ3) is 4.41. The second kappa shape index (κ2) is 7.95. The van der Waals surface area contributed by atoms with Crippen LogP contribution >= 0.6 is 0 Å². The lowest BCUT2D eigenvalue weighted by molar-refractivity contribution is -0.137. The number of fused-ring (bicyclic) bond motifs is 1. The van der Waals surface area contributed by atoms with Gasteiger partial charge in [0.05, 0.1) is 11.8 Å². The number of hydrogen-bond donors (Lipinski definition) is 1. The van der Waals surface area contributed by atoms with Crippen molar-refractivity contribution in [1.82, 2.24) is 14.4 Å². The molecule has 3 aromatic heterocycles. The maximum Gasteiger partial charge on any atom is 0.416 e. The second-order valence-electron chi connectivity index (χ2n) is 6.73. The van der Waals surface area contributed by atoms with Crippen LogP contribution in [0.1, 0.15) is 32.7 Å². The Labute approximate surface area is 175 Å². The van der Waals surface area contributed by atoms with Crippen molar-refractivity contribution in [1.29, 1.82) is 0 Å². The Kier molecular flexibility index (Phi) is 5.17. The van der Waals surface area contributed by atoms with Crippen LogP contribution in [0.2, 0.25) is 0 Å². The molecule has 4 aromatic rings. The number of hydrogen-bond acceptors (Lipinski definition) is 3. The van der Waals surface area contributed by atoms with Crippen LogP contribution in [-0.2, 0) is 6.18 Å². The molecule has 1 N–H and O–H groups in total. The summed E-state index contributed by atoms with van der Waals surface area (Å²) in [6.07, 6.45) is -0.00802. The molecule has 0 atom stereocenters. The van der Waals surface area contributed by atoms with E-state index in [1.807, 2.05) is 35.7 Å². The van der Waals surface area contributed by atoms with Crippen LogP contribution in [0.3, 0.4) is 0 Å². The van der Waals surface area contributed by atoms with Crippen LogP contribution in [0.4, 0.5) is 19.0 Å². The highest BCUT2D eigenvalue weighted by Crippen LogP contribution is 2.30. The maximum absolute atomic E-state index is 12.9. The fourth-order valence-corrected chi connectivity index (χ4v) is 2.92. The highest BCUT2D eigenvalue weighted by molar-refractivity contribution is 6.04. The summed E-state index contributed by atoms with van der Waals surface area (Å²) in [4.78, 5) is 20.6. The Balaban J connectivity index is 1.59. The molecule has 0 saturated heterocycles. The Bertz CT molecular complexity index is 1350. The minimum absolute atomic E-state index is 0.182. The van der Waals surface area contributed by atoms with Gasteiger partial charge in [-0.1, -0.05) is 18.1 Å². The summed E-state index contributed by atoms with van der Waals surface area (Å²) in [5, 5.41) is 2.40. The highest BCUT2D eigenvalue weighted by Gasteiger charge is 2.30. The topological polar surface area (TPSA) is 59.3 Å². The summed E-state index contributed by atoms with van der Waals surface area (Å²) in [5.41, 5.74) is 2.31. The summed E-state index contributed by atoms with van der Waals surface area (Å²) in [7, 11) is 0. The number of nitrogens with zero attached hydrogens (tertiary/aromatic N) is 3. The molecule has 154 valence electrons. The van der Waals surface area contributed by atoms with E-state index in [4.69, 9.17) is 0 Å². The van der Waals surface area contributed by atoms with E-state index in [1.54, 1.807) is 24.4 Å². The van der Waals surface area contributed by atoms with Crippen molar-refractivity contribution in [3.8, 4) is 11.8 Å². The van der Waals surface area contributed by atoms with Gasteiger partial charge in [0, 0.05) is 23.5 Å². The minimum Gasteiger partial charge on any atom is -0.307 e. The first-order chi connectivity index (χ1) is 14.8. The van der Waals surface area contributed by atoms with Crippen molar-refractivity contribution in [3.05, 3.63) is 95.1 Å². The molecule has 1 aromatic carbocycles. The Morgan fingerprint density at radius 1 is 1.06 bits per heavy atom. The molecule has 4 rings (SSSR count). The Morgan fingerprint density at radius 3 is 2.71 bits per heavy atom. The summed E-state index contributed by atoms with van der Waals surface area (Å²) in [6.45, 7) is 1.86. The fraction of sp³-hybridized carbons (Fsp3) is 0.0870. The van der Waals surface area contributed by atoms with Gasteiger partial charge in [-0.05, 0) is 54.8 Å². The summed E-state index contributed by atoms with van der Waals surface area (Å²) in [5.74, 6) is 5.33. The van der Waals surface area contributed by atoms with Crippen molar-refractivity contribution >= 4 is 17.4 Å². The molecule has 3 heterocycles. The maximum atomic E-state index is 12.9. The first-order valence-electron chi connectivity index (χ1n) is 9.20. The SMILES string of the molecule is Cc1ccc(C(=O)Nc2cc(C(F)(F)F)ccn2)cc1C#Cc1cnc2ccccn12. The number of alkyl halides is 3. The second-order valence-corrected chi connectivity index (χ2v) is 6.73. The van der Waals surface area contributed by atoms with E-state index in [9.17, 15) is 18.0 Å². The number of imidazole rings is 1. The van der Waals surface area contributed by atoms with Crippen LogP contribution in [0, 0.1) is 18.8 Å². The van der Waals surface area contributed by atoms with Gasteiger partial charge in [0.1, 0.15) is 17.2 Å². The molecule has 0 aliphatic carbocycles. The highest BCUT2D eigenvalue weighted by atomic mass is 19.4. The zero-order chi connectivity index (χ0) is 22.0. The number of nitrogens with one attached hydrogen (secondary N) is 1. The van der Waals surface area contributed by atoms with Crippen molar-refractivity contribution in [2.45, 2.75) is 13.1 Å². The molecule has 0 spiro atoms. The molecule has 8 heteroatoms. The molecule has 0 aliphatic heterocycles. The smallest absolute Gasteiger partial charge is 0.307 e. The summed E-state index contributed by atoms with van der Waals surface area (Å²) < 4.78 is 40.4. The minimum atomic E-state index is -4.52. The van der Waals surface area contributed by atoms with Crippen LogP contribution in [0.25, 0.3) is 5.65 Å². The van der Waals surface area contributed by atoms with Crippen LogP contribution < -0.4 is 5.32 Å². The van der Waals surface area contributed by atoms with Gasteiger partial charge in [-0.25, -0.2) is 9.97 Å². The normalized spacial score (nSPS) is 11.1. The molecular weight excluding hydrogens is 405 g/mol. The number of benzene rings is 1. The fourth-order valence-electron chi connectivity index (χ4n) is 2.92. The van der Waals surface area contributed by atoms with Gasteiger partial charge >= 0.3 is 6.18 Å². The third-order valence-corrected chi connectivity index (χ3v) is 4.57. The molecule has 0 fully saturated rings. The molecule has 31 heavy (non-hydrogen) atoms. The van der Waals surface area contributed by atoms with E-state index < -0.39 is 17.6 Å². The largest absolute Gasteiger partial charge is 0.416 e. The van der Waals surface area contributed by atoms with Crippen molar-refractivity contribution in [3.63, 3.8) is 0 Å². The number of halogens is 3. The van der Waals surface area contributed by atoms with E-state index in [0.29, 0.717) is 11.3 Å². The molecule has 0 radical (unpaired) electrons. The first kappa shape index (κ1) is 20.2. The number of carbonyl (C=O) groups is 1. The lowest BCUT2D eigenvalue weighted by Gasteiger charge is -2.09. The molecule has 5 nitrogen and oxygen atoms in total. The number of aryl methyl sites for hydroxylation is 1. The average molecular weight is 420 g/mol. The molecular formula is C23H15F3N4O. The predicted molar refractivity (Wildman–Crippen MR) is 110 cm³/mol. The zero-order valence-electron chi connectivity index (χ0n) is 16.2. The lowest BCUT2D eigenvalue weighted by atomic mass is 10.0. The van der Waals surface area contributed by atoms with E-state index in [-0.39, 0.29) is 11.4 Å². The predicted octanol–water partition coefficient (Wildman–Crippen LogP) is 4.71. The quantitative estimate of drug-likeness (QED) is 0.478. The van der Waals surface area contributed by atoms with Gasteiger partial charge in [-0.2, -0.15) is 13.2 Å². The molecule has 0 saturated carbocycles. The van der Waals surface area contributed by atoms with Gasteiger partial charge in [0.25, 0.3) is 5.91 Å². The zero-order valence-corrected chi connectivity index (χ0v) is 16.2. The standard InChI is InChI=1S/C23H15F3N4O/c1-15-5-6-17(22(31)29-20-13-18(9-10-27-20)23(24,25)26)12-16(15)7-8-19-14-28-21-4-2-3-11-30(19)21/h2-6,9-14H,1H3,(H,27,29,31). The number of aromatic nitrogens is 3. The number of rotatable bonds is 2. The van der Waals surface area contributed by atoms with Gasteiger partial charge < -0.3 is 5.32 Å². The monoisotopic (exact) mass is 420 g/mol. The van der Waals surface area contributed by atoms with Crippen LogP contribution in [0.5, 0.6) is 0 Å². The van der Waals surface area contributed by atoms with E-state index >= 15 is 0 Å². The third-order valence-electron chi connectivity index (χ3n) is 4.57. The first-order valence-corrected chi connectivity index (χ1v) is 9.20. The number of carbonyl (C=O) groups excluding carboxylic acids is 1. The lowest BCUT2D eigenvalue weighted by Crippen LogP contribution is -2.14. The number of amides is 1. The summed E-state index contributed by atoms with van der Waals surface area (Å²) in [6, 6.07) is 12.2. The van der Waals surface area contributed by atoms with Crippen molar-refractivity contribution in [2.75, 3.05) is 5.32 Å². The number of pyridine rings is 2. The van der Waals surface area contributed by atoms with E-state index in [1.165, 1.54) is 0 Å². The average Bonchev–Trinajstić information content (AvgIpc) is 3.16. The van der Waals surface area contributed by atoms with E-state index in [2.05, 4.69) is 27.1 Å². The number of anilines is 1. The van der Waals surface area contributed by atoms with Crippen LogP contribution in [-0.4, -0.2) is 20.3 Å². The molecule has 0 aliphatic rings. The van der Waals surface area contributed by atoms with Gasteiger partial charge in [-0.3, -0.25) is 9.20 Å². The Hall–Kier alpha value is -4.12. The molecule has 1 amide bonds. The van der Waals surface area contributed by atoms with Gasteiger partial charge in [0.15, 0.2) is 0 Å². The van der Waals surface area contributed by atoms with E-state index in [0.717, 1.165) is 29.5 Å². The Morgan fingerprint density at radius 2 is 1.90 bits per heavy atom. The van der Waals surface area contributed by atoms with Crippen molar-refractivity contribution in [2.24, 2.45) is 0 Å². The van der Waals surface area contributed by atoms with Crippen molar-refractivity contribution < 1.29 is 18.0 Å². The molecule has 0 bridgehead atoms. The van der Waals surface area contributed by atoms with Gasteiger partial charge in [0.2, 0.25) is 0 Å².